The number of hydrogen-bond donors (Lipinski definition) is 2. The predicted octanol–water partition coefficient (Wildman–Crippen LogP) is 4.68. The fraction of sp³-hybridized carbons (Fsp3) is 0.600. The maximum Gasteiger partial charge on any atom is 0.240 e. The van der Waals surface area contributed by atoms with E-state index in [2.05, 4.69) is 10.6 Å². The van der Waals surface area contributed by atoms with Crippen LogP contribution in [0, 0.1) is 0 Å². The van der Waals surface area contributed by atoms with E-state index in [-0.39, 0.29) is 12.5 Å². The Labute approximate surface area is 159 Å². The minimum Gasteiger partial charge on any atom is -0.468 e. The maximum atomic E-state index is 12.2. The van der Waals surface area contributed by atoms with E-state index in [0.717, 1.165) is 23.7 Å². The largest absolute Gasteiger partial charge is 0.468 e. The molecule has 1 aliphatic carbocycles. The first kappa shape index (κ1) is 19.1. The molecule has 0 saturated carbocycles. The van der Waals surface area contributed by atoms with Crippen LogP contribution >= 0.6 is 11.3 Å². The molecule has 0 fully saturated rings. The number of nitrogens with zero attached hydrogens (tertiary/aromatic N) is 1. The van der Waals surface area contributed by atoms with Crippen LogP contribution in [0.5, 0.6) is 0 Å². The molecule has 26 heavy (non-hydrogen) atoms. The Balaban J connectivity index is 1.51. The summed E-state index contributed by atoms with van der Waals surface area (Å²) in [6.45, 7) is 0.805. The summed E-state index contributed by atoms with van der Waals surface area (Å²) in [5.74, 6) is 0.773. The first-order chi connectivity index (χ1) is 12.8. The van der Waals surface area contributed by atoms with Gasteiger partial charge in [0, 0.05) is 4.88 Å². The molecule has 2 heterocycles. The lowest BCUT2D eigenvalue weighted by molar-refractivity contribution is -0.115. The number of rotatable bonds is 5. The number of furan rings is 1. The highest BCUT2D eigenvalue weighted by Gasteiger charge is 2.13. The number of hydrogen-bond acceptors (Lipinski definition) is 5. The van der Waals surface area contributed by atoms with Crippen LogP contribution in [-0.2, 0) is 24.2 Å². The molecule has 0 saturated heterocycles. The van der Waals surface area contributed by atoms with Gasteiger partial charge < -0.3 is 15.1 Å². The highest BCUT2D eigenvalue weighted by Crippen LogP contribution is 2.27. The van der Waals surface area contributed by atoms with Crippen molar-refractivity contribution in [2.45, 2.75) is 70.8 Å². The van der Waals surface area contributed by atoms with Crippen molar-refractivity contribution >= 4 is 22.4 Å². The van der Waals surface area contributed by atoms with Crippen LogP contribution in [0.2, 0.25) is 0 Å². The highest BCUT2D eigenvalue weighted by atomic mass is 32.1. The number of fused-ring (bicyclic) bond motifs is 1. The molecule has 142 valence electrons. The number of aromatic nitrogens is 1. The van der Waals surface area contributed by atoms with Crippen LogP contribution in [-0.4, -0.2) is 17.4 Å². The Morgan fingerprint density at radius 3 is 2.54 bits per heavy atom. The summed E-state index contributed by atoms with van der Waals surface area (Å²) in [7, 11) is 0. The van der Waals surface area contributed by atoms with Gasteiger partial charge in [-0.1, -0.05) is 38.5 Å². The zero-order chi connectivity index (χ0) is 18.0. The van der Waals surface area contributed by atoms with E-state index in [9.17, 15) is 4.79 Å². The molecule has 3 rings (SSSR count). The molecule has 2 N–H and O–H groups in total. The normalized spacial score (nSPS) is 16.3. The van der Waals surface area contributed by atoms with Gasteiger partial charge in [0.25, 0.3) is 0 Å². The SMILES string of the molecule is O=C(CNCc1ccco1)Nc1nc2c(s1)CCCCCCCCCC2. The Bertz CT molecular complexity index is 637. The molecule has 1 amide bonds. The first-order valence-corrected chi connectivity index (χ1v) is 10.6. The van der Waals surface area contributed by atoms with Crippen LogP contribution in [0.1, 0.15) is 67.7 Å². The number of anilines is 1. The lowest BCUT2D eigenvalue weighted by atomic mass is 10.0. The summed E-state index contributed by atoms with van der Waals surface area (Å²) in [4.78, 5) is 18.2. The minimum atomic E-state index is -0.0543. The summed E-state index contributed by atoms with van der Waals surface area (Å²) in [6, 6.07) is 3.73. The molecule has 0 aromatic carbocycles. The molecular formula is C20H29N3O2S. The third kappa shape index (κ3) is 6.25. The van der Waals surface area contributed by atoms with E-state index >= 15 is 0 Å². The molecule has 2 aromatic heterocycles. The number of amides is 1. The van der Waals surface area contributed by atoms with Gasteiger partial charge in [-0.25, -0.2) is 4.98 Å². The second kappa shape index (κ2) is 10.5. The third-order valence-electron chi connectivity index (χ3n) is 4.76. The Hall–Kier alpha value is -1.66. The Morgan fingerprint density at radius 1 is 1.08 bits per heavy atom. The number of thiazole rings is 1. The van der Waals surface area contributed by atoms with Crippen molar-refractivity contribution in [1.82, 2.24) is 10.3 Å². The van der Waals surface area contributed by atoms with Crippen molar-refractivity contribution in [3.63, 3.8) is 0 Å². The van der Waals surface area contributed by atoms with Crippen molar-refractivity contribution < 1.29 is 9.21 Å². The van der Waals surface area contributed by atoms with Gasteiger partial charge in [-0.15, -0.1) is 11.3 Å². The van der Waals surface area contributed by atoms with E-state index in [1.165, 1.54) is 61.9 Å². The van der Waals surface area contributed by atoms with Crippen molar-refractivity contribution in [2.24, 2.45) is 0 Å². The average molecular weight is 376 g/mol. The lowest BCUT2D eigenvalue weighted by Crippen LogP contribution is -2.27. The molecule has 0 unspecified atom stereocenters. The summed E-state index contributed by atoms with van der Waals surface area (Å²) >= 11 is 1.66. The Morgan fingerprint density at radius 2 is 1.81 bits per heavy atom. The lowest BCUT2D eigenvalue weighted by Gasteiger charge is -2.06. The van der Waals surface area contributed by atoms with Crippen molar-refractivity contribution in [3.8, 4) is 0 Å². The topological polar surface area (TPSA) is 67.2 Å². The molecule has 0 aliphatic heterocycles. The smallest absolute Gasteiger partial charge is 0.240 e. The van der Waals surface area contributed by atoms with E-state index in [0.29, 0.717) is 6.54 Å². The molecule has 6 heteroatoms. The van der Waals surface area contributed by atoms with Gasteiger partial charge in [0.05, 0.1) is 25.0 Å². The summed E-state index contributed by atoms with van der Waals surface area (Å²) in [5, 5.41) is 6.79. The minimum absolute atomic E-state index is 0.0543. The zero-order valence-corrected chi connectivity index (χ0v) is 16.2. The van der Waals surface area contributed by atoms with Gasteiger partial charge in [-0.05, 0) is 37.8 Å². The molecule has 5 nitrogen and oxygen atoms in total. The molecular weight excluding hydrogens is 346 g/mol. The number of aryl methyl sites for hydroxylation is 2. The molecule has 2 aromatic rings. The van der Waals surface area contributed by atoms with Crippen molar-refractivity contribution in [3.05, 3.63) is 34.7 Å². The highest BCUT2D eigenvalue weighted by molar-refractivity contribution is 7.15. The monoisotopic (exact) mass is 375 g/mol. The standard InChI is InChI=1S/C20H29N3O2S/c24-19(15-21-14-16-10-9-13-25-16)23-20-22-17-11-7-5-3-1-2-4-6-8-12-18(17)26-20/h9-10,13,21H,1-8,11-12,14-15H2,(H,22,23,24). The fourth-order valence-electron chi connectivity index (χ4n) is 3.34. The predicted molar refractivity (Wildman–Crippen MR) is 106 cm³/mol. The second-order valence-electron chi connectivity index (χ2n) is 6.95. The molecule has 0 atom stereocenters. The van der Waals surface area contributed by atoms with E-state index < -0.39 is 0 Å². The number of nitrogens with one attached hydrogen (secondary N) is 2. The van der Waals surface area contributed by atoms with E-state index in [1.54, 1.807) is 17.6 Å². The van der Waals surface area contributed by atoms with Crippen molar-refractivity contribution in [1.29, 1.82) is 0 Å². The quantitative estimate of drug-likeness (QED) is 0.796. The first-order valence-electron chi connectivity index (χ1n) is 9.83. The van der Waals surface area contributed by atoms with Gasteiger partial charge >= 0.3 is 0 Å². The van der Waals surface area contributed by atoms with Gasteiger partial charge in [-0.2, -0.15) is 0 Å². The van der Waals surface area contributed by atoms with Gasteiger partial charge in [0.2, 0.25) is 5.91 Å². The van der Waals surface area contributed by atoms with Gasteiger partial charge in [0.15, 0.2) is 5.13 Å². The number of carbonyl (C=O) groups is 1. The molecule has 1 aliphatic rings. The summed E-state index contributed by atoms with van der Waals surface area (Å²) < 4.78 is 5.25. The maximum absolute atomic E-state index is 12.2. The van der Waals surface area contributed by atoms with Crippen LogP contribution < -0.4 is 10.6 Å². The van der Waals surface area contributed by atoms with Gasteiger partial charge in [-0.3, -0.25) is 4.79 Å². The molecule has 0 radical (unpaired) electrons. The number of carbonyl (C=O) groups excluding carboxylic acids is 1. The van der Waals surface area contributed by atoms with Crippen molar-refractivity contribution in [2.75, 3.05) is 11.9 Å². The average Bonchev–Trinajstić information content (AvgIpc) is 3.25. The fourth-order valence-corrected chi connectivity index (χ4v) is 4.41. The van der Waals surface area contributed by atoms with E-state index in [4.69, 9.17) is 9.40 Å². The Kier molecular flexibility index (Phi) is 7.70. The van der Waals surface area contributed by atoms with Gasteiger partial charge in [0.1, 0.15) is 5.76 Å². The molecule has 0 spiro atoms. The zero-order valence-electron chi connectivity index (χ0n) is 15.4. The molecule has 0 bridgehead atoms. The van der Waals surface area contributed by atoms with E-state index in [1.807, 2.05) is 12.1 Å². The van der Waals surface area contributed by atoms with Crippen LogP contribution in [0.3, 0.4) is 0 Å². The summed E-state index contributed by atoms with van der Waals surface area (Å²) in [5.41, 5.74) is 1.20. The van der Waals surface area contributed by atoms with Crippen LogP contribution in [0.15, 0.2) is 22.8 Å². The second-order valence-corrected chi connectivity index (χ2v) is 8.03. The summed E-state index contributed by atoms with van der Waals surface area (Å²) in [6.07, 6.45) is 14.2. The third-order valence-corrected chi connectivity index (χ3v) is 5.83. The van der Waals surface area contributed by atoms with Crippen LogP contribution in [0.4, 0.5) is 5.13 Å². The van der Waals surface area contributed by atoms with Crippen LogP contribution in [0.25, 0.3) is 0 Å².